The Bertz CT molecular complexity index is 1560. The Balaban J connectivity index is 1.13. The Morgan fingerprint density at radius 1 is 0.756 bits per heavy atom. The maximum Gasteiger partial charge on any atom is 0.225 e. The van der Waals surface area contributed by atoms with Gasteiger partial charge in [0, 0.05) is 88.5 Å². The Morgan fingerprint density at radius 2 is 1.40 bits per heavy atom. The summed E-state index contributed by atoms with van der Waals surface area (Å²) in [5.74, 6) is 2.09. The van der Waals surface area contributed by atoms with E-state index in [1.165, 1.54) is 0 Å². The first-order valence-electron chi connectivity index (χ1n) is 16.0. The van der Waals surface area contributed by atoms with Crippen LogP contribution in [0.1, 0.15) is 6.42 Å². The smallest absolute Gasteiger partial charge is 0.225 e. The first kappa shape index (κ1) is 30.9. The van der Waals surface area contributed by atoms with Gasteiger partial charge in [-0.3, -0.25) is 9.69 Å². The van der Waals surface area contributed by atoms with Crippen LogP contribution in [-0.4, -0.2) is 122 Å². The molecule has 0 atom stereocenters. The highest BCUT2D eigenvalue weighted by Crippen LogP contribution is 2.31. The number of anilines is 3. The van der Waals surface area contributed by atoms with Gasteiger partial charge in [0.25, 0.3) is 0 Å². The summed E-state index contributed by atoms with van der Waals surface area (Å²) in [5.41, 5.74) is 3.22. The van der Waals surface area contributed by atoms with Gasteiger partial charge in [0.05, 0.1) is 11.2 Å². The molecule has 236 valence electrons. The molecule has 0 radical (unpaired) electrons. The third kappa shape index (κ3) is 8.34. The van der Waals surface area contributed by atoms with Crippen molar-refractivity contribution in [3.63, 3.8) is 0 Å². The molecule has 10 nitrogen and oxygen atoms in total. The minimum Gasteiger partial charge on any atom is -0.492 e. The molecule has 45 heavy (non-hydrogen) atoms. The van der Waals surface area contributed by atoms with Crippen molar-refractivity contribution in [3.8, 4) is 17.1 Å². The van der Waals surface area contributed by atoms with Gasteiger partial charge in [0.1, 0.15) is 18.2 Å². The van der Waals surface area contributed by atoms with Crippen molar-refractivity contribution in [3.05, 3.63) is 72.8 Å². The number of rotatable bonds is 11. The van der Waals surface area contributed by atoms with Gasteiger partial charge in [-0.15, -0.1) is 0 Å². The van der Waals surface area contributed by atoms with E-state index < -0.39 is 0 Å². The zero-order chi connectivity index (χ0) is 31.0. The molecule has 6 rings (SSSR count). The summed E-state index contributed by atoms with van der Waals surface area (Å²) < 4.78 is 6.04. The number of fused-ring (bicyclic) bond motifs is 1. The largest absolute Gasteiger partial charge is 0.492 e. The lowest BCUT2D eigenvalue weighted by Gasteiger charge is -2.32. The van der Waals surface area contributed by atoms with Crippen molar-refractivity contribution in [2.45, 2.75) is 6.42 Å². The summed E-state index contributed by atoms with van der Waals surface area (Å²) in [4.78, 5) is 32.3. The number of nitrogens with zero attached hydrogens (tertiary/aromatic N) is 6. The van der Waals surface area contributed by atoms with E-state index in [9.17, 15) is 4.79 Å². The summed E-state index contributed by atoms with van der Waals surface area (Å²) in [7, 11) is 4.31. The fourth-order valence-corrected chi connectivity index (χ4v) is 5.76. The average molecular weight is 609 g/mol. The SMILES string of the molecule is CN1CCN(CCOc2ccc(Nc3nc(-c4ccccc4NC(=O)CCN4CCN(C)CC4)nc4ccccc34)cc2)CC1. The maximum atomic E-state index is 13.0. The minimum atomic E-state index is -0.00800. The number of para-hydroxylation sites is 2. The van der Waals surface area contributed by atoms with E-state index in [1.807, 2.05) is 72.8 Å². The standard InChI is InChI=1S/C35H44N8O2/c1-40-17-21-42(22-18-40)16-15-33(44)37-31-9-5-3-7-29(31)35-38-32-10-6-4-8-30(32)34(39-35)36-27-11-13-28(14-12-27)45-26-25-43-23-19-41(2)20-24-43/h3-14H,15-26H2,1-2H3,(H,37,44)(H,36,38,39). The number of carbonyl (C=O) groups is 1. The van der Waals surface area contributed by atoms with Gasteiger partial charge in [0.15, 0.2) is 5.82 Å². The predicted octanol–water partition coefficient (Wildman–Crippen LogP) is 4.24. The summed E-state index contributed by atoms with van der Waals surface area (Å²) in [6.45, 7) is 10.8. The molecule has 10 heteroatoms. The fraction of sp³-hybridized carbons (Fsp3) is 0.400. The number of aromatic nitrogens is 2. The third-order valence-corrected chi connectivity index (χ3v) is 8.69. The molecular weight excluding hydrogens is 564 g/mol. The number of hydrogen-bond donors (Lipinski definition) is 2. The molecule has 0 unspecified atom stereocenters. The summed E-state index contributed by atoms with van der Waals surface area (Å²) >= 11 is 0. The number of carbonyl (C=O) groups excluding carboxylic acids is 1. The van der Waals surface area contributed by atoms with Crippen molar-refractivity contribution in [1.29, 1.82) is 0 Å². The van der Waals surface area contributed by atoms with E-state index >= 15 is 0 Å². The van der Waals surface area contributed by atoms with Crippen molar-refractivity contribution in [2.75, 3.05) is 96.8 Å². The quantitative estimate of drug-likeness (QED) is 0.260. The Hall–Kier alpha value is -4.09. The fourth-order valence-electron chi connectivity index (χ4n) is 5.76. The zero-order valence-electron chi connectivity index (χ0n) is 26.4. The van der Waals surface area contributed by atoms with Crippen LogP contribution >= 0.6 is 0 Å². The van der Waals surface area contributed by atoms with Crippen molar-refractivity contribution in [1.82, 2.24) is 29.6 Å². The lowest BCUT2D eigenvalue weighted by Crippen LogP contribution is -2.45. The van der Waals surface area contributed by atoms with Crippen LogP contribution in [0.5, 0.6) is 5.75 Å². The highest BCUT2D eigenvalue weighted by atomic mass is 16.5. The van der Waals surface area contributed by atoms with Crippen LogP contribution in [0.3, 0.4) is 0 Å². The molecular formula is C35H44N8O2. The lowest BCUT2D eigenvalue weighted by molar-refractivity contribution is -0.116. The van der Waals surface area contributed by atoms with E-state index in [0.717, 1.165) is 93.4 Å². The van der Waals surface area contributed by atoms with Crippen molar-refractivity contribution < 1.29 is 9.53 Å². The molecule has 0 saturated carbocycles. The van der Waals surface area contributed by atoms with E-state index in [0.29, 0.717) is 30.4 Å². The monoisotopic (exact) mass is 608 g/mol. The second kappa shape index (κ2) is 14.8. The second-order valence-corrected chi connectivity index (χ2v) is 12.0. The molecule has 2 aliphatic rings. The molecule has 4 aromatic rings. The first-order chi connectivity index (χ1) is 22.0. The van der Waals surface area contributed by atoms with E-state index in [1.54, 1.807) is 0 Å². The molecule has 0 bridgehead atoms. The Morgan fingerprint density at radius 3 is 2.13 bits per heavy atom. The van der Waals surface area contributed by atoms with Gasteiger partial charge in [-0.2, -0.15) is 0 Å². The lowest BCUT2D eigenvalue weighted by atomic mass is 10.1. The predicted molar refractivity (Wildman–Crippen MR) is 181 cm³/mol. The number of benzene rings is 3. The molecule has 2 N–H and O–H groups in total. The van der Waals surface area contributed by atoms with Gasteiger partial charge in [-0.05, 0) is 62.6 Å². The van der Waals surface area contributed by atoms with Crippen LogP contribution in [0.25, 0.3) is 22.3 Å². The van der Waals surface area contributed by atoms with Crippen LogP contribution < -0.4 is 15.4 Å². The van der Waals surface area contributed by atoms with Crippen molar-refractivity contribution >= 4 is 34.0 Å². The van der Waals surface area contributed by atoms with Crippen molar-refractivity contribution in [2.24, 2.45) is 0 Å². The van der Waals surface area contributed by atoms with Crippen LogP contribution in [0.15, 0.2) is 72.8 Å². The molecule has 2 saturated heterocycles. The molecule has 3 heterocycles. The number of likely N-dealkylation sites (N-methyl/N-ethyl adjacent to an activating group) is 2. The Kier molecular flexibility index (Phi) is 10.2. The molecule has 2 aliphatic heterocycles. The summed E-state index contributed by atoms with van der Waals surface area (Å²) in [6.07, 6.45) is 0.443. The third-order valence-electron chi connectivity index (χ3n) is 8.69. The minimum absolute atomic E-state index is 0.00800. The van der Waals surface area contributed by atoms with Gasteiger partial charge < -0.3 is 30.1 Å². The number of piperazine rings is 2. The first-order valence-corrected chi connectivity index (χ1v) is 16.0. The molecule has 2 fully saturated rings. The normalized spacial score (nSPS) is 16.9. The van der Waals surface area contributed by atoms with Crippen LogP contribution in [-0.2, 0) is 4.79 Å². The second-order valence-electron chi connectivity index (χ2n) is 12.0. The number of ether oxygens (including phenoxy) is 1. The maximum absolute atomic E-state index is 13.0. The van der Waals surface area contributed by atoms with Crippen LogP contribution in [0.2, 0.25) is 0 Å². The number of amides is 1. The topological polar surface area (TPSA) is 89.1 Å². The van der Waals surface area contributed by atoms with Crippen LogP contribution in [0.4, 0.5) is 17.2 Å². The van der Waals surface area contributed by atoms with Crippen LogP contribution in [0, 0.1) is 0 Å². The van der Waals surface area contributed by atoms with E-state index in [2.05, 4.69) is 44.3 Å². The van der Waals surface area contributed by atoms with Gasteiger partial charge in [-0.25, -0.2) is 9.97 Å². The highest BCUT2D eigenvalue weighted by molar-refractivity contribution is 5.97. The van der Waals surface area contributed by atoms with Gasteiger partial charge >= 0.3 is 0 Å². The van der Waals surface area contributed by atoms with Gasteiger partial charge in [-0.1, -0.05) is 24.3 Å². The average Bonchev–Trinajstić information content (AvgIpc) is 3.06. The molecule has 0 aliphatic carbocycles. The summed E-state index contributed by atoms with van der Waals surface area (Å²) in [5, 5.41) is 7.54. The van der Waals surface area contributed by atoms with E-state index in [-0.39, 0.29) is 5.91 Å². The Labute approximate surface area is 266 Å². The zero-order valence-corrected chi connectivity index (χ0v) is 26.4. The van der Waals surface area contributed by atoms with Gasteiger partial charge in [0.2, 0.25) is 5.91 Å². The highest BCUT2D eigenvalue weighted by Gasteiger charge is 2.17. The molecule has 3 aromatic carbocycles. The molecule has 1 aromatic heterocycles. The molecule has 1 amide bonds. The molecule has 0 spiro atoms. The number of nitrogens with one attached hydrogen (secondary N) is 2. The van der Waals surface area contributed by atoms with E-state index in [4.69, 9.17) is 14.7 Å². The summed E-state index contributed by atoms with van der Waals surface area (Å²) in [6, 6.07) is 23.7. The number of hydrogen-bond acceptors (Lipinski definition) is 9.